The molecule has 0 spiro atoms. The van der Waals surface area contributed by atoms with Crippen LogP contribution < -0.4 is 0 Å². The molecule has 23 heavy (non-hydrogen) atoms. The Labute approximate surface area is 159 Å². The minimum atomic E-state index is -4.66. The zero-order chi connectivity index (χ0) is 17.7. The van der Waals surface area contributed by atoms with Gasteiger partial charge in [0, 0.05) is 0 Å². The predicted molar refractivity (Wildman–Crippen MR) is 99.2 cm³/mol. The summed E-state index contributed by atoms with van der Waals surface area (Å²) >= 11 is 7.26. The summed E-state index contributed by atoms with van der Waals surface area (Å²) < 4.78 is 16.5. The second-order valence-electron chi connectivity index (χ2n) is 4.63. The van der Waals surface area contributed by atoms with Gasteiger partial charge in [0.15, 0.2) is 0 Å². The minimum absolute atomic E-state index is 0.0577. The van der Waals surface area contributed by atoms with Crippen LogP contribution in [0.25, 0.3) is 0 Å². The van der Waals surface area contributed by atoms with Crippen molar-refractivity contribution in [3.63, 3.8) is 0 Å². The molecule has 0 aromatic rings. The van der Waals surface area contributed by atoms with Crippen molar-refractivity contribution in [1.29, 1.82) is 0 Å². The number of rotatable bonds is 12. The van der Waals surface area contributed by atoms with E-state index < -0.39 is 37.5 Å². The van der Waals surface area contributed by atoms with Gasteiger partial charge in [0.05, 0.1) is 0 Å². The Morgan fingerprint density at radius 2 is 1.13 bits per heavy atom. The average Bonchev–Trinajstić information content (AvgIpc) is 2.45. The zero-order valence-corrected chi connectivity index (χ0v) is 18.7. The molecule has 0 saturated heterocycles. The Morgan fingerprint density at radius 1 is 0.783 bits per heavy atom. The third-order valence-electron chi connectivity index (χ3n) is 2.59. The van der Waals surface area contributed by atoms with E-state index >= 15 is 0 Å². The van der Waals surface area contributed by atoms with Gasteiger partial charge in [0.1, 0.15) is 0 Å². The molecule has 6 nitrogen and oxygen atoms in total. The molecule has 0 radical (unpaired) electrons. The van der Waals surface area contributed by atoms with Gasteiger partial charge in [-0.3, -0.25) is 0 Å². The third kappa shape index (κ3) is 10.7. The van der Waals surface area contributed by atoms with Crippen LogP contribution in [0.2, 0.25) is 4.44 Å². The molecule has 0 aliphatic heterocycles. The maximum absolute atomic E-state index is 11.9. The Hall–Kier alpha value is 0.259. The number of hydrogen-bond acceptors (Lipinski definition) is 9. The van der Waals surface area contributed by atoms with E-state index in [1.54, 1.807) is 0 Å². The van der Waals surface area contributed by atoms with E-state index in [0.29, 0.717) is 23.7 Å². The molecule has 0 unspecified atom stereocenters. The monoisotopic (exact) mass is 492 g/mol. The summed E-state index contributed by atoms with van der Waals surface area (Å²) in [6.07, 6.45) is 1.59. The van der Waals surface area contributed by atoms with E-state index in [1.807, 2.05) is 6.92 Å². The molecule has 0 aromatic heterocycles. The molecule has 0 atom stereocenters. The molecular weight excluding hydrogens is 467 g/mol. The quantitative estimate of drug-likeness (QED) is 0.288. The van der Waals surface area contributed by atoms with Crippen molar-refractivity contribution >= 4 is 75.4 Å². The Bertz CT molecular complexity index is 344. The van der Waals surface area contributed by atoms with Crippen LogP contribution in [0.1, 0.15) is 39.0 Å². The van der Waals surface area contributed by atoms with E-state index in [1.165, 1.54) is 0 Å². The standard InChI is InChI=1S/C4H9.3C3H6O2S.Sn/c1-3-4-2;3*4-3(5)1-2-6;/h1,3-4H2,2H3;3*6H,1-2H2,(H,4,5);/q;;;;+3/p-3. The van der Waals surface area contributed by atoms with Crippen molar-refractivity contribution < 1.29 is 23.6 Å². The molecule has 0 bridgehead atoms. The Morgan fingerprint density at radius 3 is 1.39 bits per heavy atom. The first-order valence-corrected chi connectivity index (χ1v) is 14.8. The summed E-state index contributed by atoms with van der Waals surface area (Å²) in [5, 5.41) is 0. The molecular formula is C13H24O6S3Sn. The fraction of sp³-hybridized carbons (Fsp3) is 0.769. The molecule has 0 aromatic carbocycles. The maximum atomic E-state index is 11.9. The molecule has 0 amide bonds. The molecule has 0 aliphatic carbocycles. The van der Waals surface area contributed by atoms with E-state index in [2.05, 4.69) is 37.9 Å². The molecule has 10 heteroatoms. The summed E-state index contributed by atoms with van der Waals surface area (Å²) in [6.45, 7) is 1.94. The summed E-state index contributed by atoms with van der Waals surface area (Å²) in [4.78, 5) is 35.6. The molecule has 0 saturated carbocycles. The fourth-order valence-electron chi connectivity index (χ4n) is 1.56. The first-order chi connectivity index (χ1) is 10.9. The molecule has 0 N–H and O–H groups in total. The molecule has 0 rings (SSSR count). The van der Waals surface area contributed by atoms with E-state index in [0.717, 1.165) is 6.42 Å². The second kappa shape index (κ2) is 13.5. The van der Waals surface area contributed by atoms with Gasteiger partial charge in [-0.25, -0.2) is 0 Å². The van der Waals surface area contributed by atoms with Crippen molar-refractivity contribution in [2.75, 3.05) is 17.3 Å². The van der Waals surface area contributed by atoms with Crippen LogP contribution in [0, 0.1) is 0 Å². The number of carbonyl (C=O) groups is 3. The molecule has 134 valence electrons. The van der Waals surface area contributed by atoms with E-state index in [-0.39, 0.29) is 23.7 Å². The molecule has 0 aliphatic rings. The number of unbranched alkanes of at least 4 members (excludes halogenated alkanes) is 1. The first-order valence-electron chi connectivity index (χ1n) is 7.41. The van der Waals surface area contributed by atoms with Gasteiger partial charge in [0.25, 0.3) is 0 Å². The normalized spacial score (nSPS) is 11.0. The van der Waals surface area contributed by atoms with Crippen molar-refractivity contribution in [1.82, 2.24) is 0 Å². The summed E-state index contributed by atoms with van der Waals surface area (Å²) in [6, 6.07) is 0. The van der Waals surface area contributed by atoms with Crippen molar-refractivity contribution in [3.8, 4) is 0 Å². The van der Waals surface area contributed by atoms with Crippen molar-refractivity contribution in [2.24, 2.45) is 0 Å². The topological polar surface area (TPSA) is 78.9 Å². The molecule has 0 fully saturated rings. The van der Waals surface area contributed by atoms with Crippen LogP contribution in [0.15, 0.2) is 0 Å². The summed E-state index contributed by atoms with van der Waals surface area (Å²) in [5.41, 5.74) is 0. The number of hydrogen-bond donors (Lipinski definition) is 3. The van der Waals surface area contributed by atoms with Crippen LogP contribution in [0.3, 0.4) is 0 Å². The molecule has 0 heterocycles. The van der Waals surface area contributed by atoms with Gasteiger partial charge in [0.2, 0.25) is 0 Å². The van der Waals surface area contributed by atoms with Crippen LogP contribution in [-0.4, -0.2) is 54.8 Å². The van der Waals surface area contributed by atoms with E-state index in [9.17, 15) is 14.4 Å². The number of thiol groups is 3. The van der Waals surface area contributed by atoms with Gasteiger partial charge in [-0.1, -0.05) is 0 Å². The van der Waals surface area contributed by atoms with Gasteiger partial charge in [-0.05, 0) is 0 Å². The van der Waals surface area contributed by atoms with Gasteiger partial charge in [-0.2, -0.15) is 0 Å². The van der Waals surface area contributed by atoms with Gasteiger partial charge >= 0.3 is 160 Å². The Kier molecular flexibility index (Phi) is 13.7. The third-order valence-corrected chi connectivity index (χ3v) is 10.6. The summed E-state index contributed by atoms with van der Waals surface area (Å²) in [7, 11) is 0. The zero-order valence-electron chi connectivity index (χ0n) is 13.2. The fourth-order valence-corrected chi connectivity index (χ4v) is 9.42. The predicted octanol–water partition coefficient (Wildman–Crippen LogP) is 2.31. The van der Waals surface area contributed by atoms with Crippen LogP contribution in [-0.2, 0) is 23.6 Å². The van der Waals surface area contributed by atoms with Crippen LogP contribution >= 0.6 is 37.9 Å². The van der Waals surface area contributed by atoms with E-state index in [4.69, 9.17) is 9.22 Å². The summed E-state index contributed by atoms with van der Waals surface area (Å²) in [5.74, 6) is -0.810. The average molecular weight is 491 g/mol. The SMILES string of the molecule is CCC[CH2][Sn]([O]C(=O)CCS)([O]C(=O)CCS)[O]C(=O)CCS. The van der Waals surface area contributed by atoms with Crippen molar-refractivity contribution in [3.05, 3.63) is 0 Å². The second-order valence-corrected chi connectivity index (χ2v) is 13.0. The number of carbonyl (C=O) groups excluding carboxylic acids is 3. The van der Waals surface area contributed by atoms with Gasteiger partial charge in [-0.15, -0.1) is 0 Å². The van der Waals surface area contributed by atoms with Gasteiger partial charge < -0.3 is 0 Å². The first kappa shape index (κ1) is 23.3. The van der Waals surface area contributed by atoms with Crippen molar-refractivity contribution in [2.45, 2.75) is 43.5 Å². The Balaban J connectivity index is 5.27. The van der Waals surface area contributed by atoms with Crippen LogP contribution in [0.5, 0.6) is 0 Å². The van der Waals surface area contributed by atoms with Crippen LogP contribution in [0.4, 0.5) is 0 Å².